The van der Waals surface area contributed by atoms with Crippen LogP contribution in [0.1, 0.15) is 17.7 Å². The van der Waals surface area contributed by atoms with Gasteiger partial charge in [-0.25, -0.2) is 4.98 Å². The third kappa shape index (κ3) is 2.07. The lowest BCUT2D eigenvalue weighted by molar-refractivity contribution is 0.141. The summed E-state index contributed by atoms with van der Waals surface area (Å²) < 4.78 is 4.88. The molecule has 1 atom stereocenters. The zero-order valence-electron chi connectivity index (χ0n) is 8.79. The van der Waals surface area contributed by atoms with Crippen molar-refractivity contribution in [3.63, 3.8) is 0 Å². The van der Waals surface area contributed by atoms with Crippen molar-refractivity contribution in [1.29, 1.82) is 0 Å². The number of hydrogen-bond donors (Lipinski definition) is 2. The van der Waals surface area contributed by atoms with E-state index < -0.39 is 6.10 Å². The fourth-order valence-electron chi connectivity index (χ4n) is 1.24. The van der Waals surface area contributed by atoms with Gasteiger partial charge in [-0.2, -0.15) is 4.98 Å². The smallest absolute Gasteiger partial charge is 0.257 e. The van der Waals surface area contributed by atoms with E-state index in [9.17, 15) is 5.11 Å². The summed E-state index contributed by atoms with van der Waals surface area (Å²) >= 11 is 0. The molecule has 0 saturated carbocycles. The third-order valence-electron chi connectivity index (χ3n) is 2.07. The summed E-state index contributed by atoms with van der Waals surface area (Å²) in [6.07, 6.45) is -0.925. The van der Waals surface area contributed by atoms with Gasteiger partial charge in [0.25, 0.3) is 5.89 Å². The van der Waals surface area contributed by atoms with Crippen molar-refractivity contribution in [2.45, 2.75) is 13.0 Å². The summed E-state index contributed by atoms with van der Waals surface area (Å²) in [5.74, 6) is 0.465. The Balaban J connectivity index is 2.31. The fraction of sp³-hybridized carbons (Fsp3) is 0.300. The molecule has 0 fully saturated rings. The lowest BCUT2D eigenvalue weighted by atomic mass is 10.3. The second kappa shape index (κ2) is 4.38. The minimum atomic E-state index is -0.925. The van der Waals surface area contributed by atoms with Crippen molar-refractivity contribution >= 4 is 0 Å². The van der Waals surface area contributed by atoms with Crippen LogP contribution in [0.25, 0.3) is 11.5 Å². The molecule has 6 heteroatoms. The molecule has 2 aromatic heterocycles. The Bertz CT molecular complexity index is 483. The molecule has 2 heterocycles. The Morgan fingerprint density at radius 2 is 2.25 bits per heavy atom. The number of rotatable bonds is 3. The molecule has 0 bridgehead atoms. The van der Waals surface area contributed by atoms with Crippen LogP contribution in [-0.2, 0) is 0 Å². The highest BCUT2D eigenvalue weighted by molar-refractivity contribution is 5.48. The zero-order chi connectivity index (χ0) is 11.5. The molecule has 16 heavy (non-hydrogen) atoms. The molecule has 0 aliphatic rings. The predicted molar refractivity (Wildman–Crippen MR) is 56.3 cm³/mol. The maximum Gasteiger partial charge on any atom is 0.257 e. The molecular weight excluding hydrogens is 208 g/mol. The van der Waals surface area contributed by atoms with Gasteiger partial charge < -0.3 is 15.4 Å². The van der Waals surface area contributed by atoms with E-state index in [1.165, 1.54) is 0 Å². The van der Waals surface area contributed by atoms with Crippen molar-refractivity contribution in [1.82, 2.24) is 15.1 Å². The van der Waals surface area contributed by atoms with Gasteiger partial charge in [0.15, 0.2) is 0 Å². The molecule has 6 nitrogen and oxygen atoms in total. The predicted octanol–water partition coefficient (Wildman–Crippen LogP) is 0.432. The van der Waals surface area contributed by atoms with Crippen LogP contribution in [0, 0.1) is 6.92 Å². The summed E-state index contributed by atoms with van der Waals surface area (Å²) in [7, 11) is 0. The van der Waals surface area contributed by atoms with Gasteiger partial charge in [-0.3, -0.25) is 0 Å². The van der Waals surface area contributed by atoms with Crippen LogP contribution in [0.3, 0.4) is 0 Å². The average Bonchev–Trinajstić information content (AvgIpc) is 2.77. The first kappa shape index (κ1) is 10.7. The van der Waals surface area contributed by atoms with Gasteiger partial charge >= 0.3 is 0 Å². The van der Waals surface area contributed by atoms with E-state index in [2.05, 4.69) is 15.1 Å². The number of aliphatic hydroxyl groups is 1. The second-order valence-electron chi connectivity index (χ2n) is 3.37. The molecule has 0 aliphatic carbocycles. The molecule has 2 rings (SSSR count). The van der Waals surface area contributed by atoms with E-state index in [-0.39, 0.29) is 12.4 Å². The summed E-state index contributed by atoms with van der Waals surface area (Å²) in [6.45, 7) is 1.92. The minimum absolute atomic E-state index is 0.0445. The normalized spacial score (nSPS) is 12.7. The number of hydrogen-bond acceptors (Lipinski definition) is 6. The summed E-state index contributed by atoms with van der Waals surface area (Å²) in [5.41, 5.74) is 6.76. The van der Waals surface area contributed by atoms with Crippen LogP contribution >= 0.6 is 0 Å². The fourth-order valence-corrected chi connectivity index (χ4v) is 1.24. The Kier molecular flexibility index (Phi) is 2.93. The van der Waals surface area contributed by atoms with Crippen molar-refractivity contribution in [2.75, 3.05) is 6.54 Å². The van der Waals surface area contributed by atoms with Crippen molar-refractivity contribution in [3.05, 3.63) is 29.8 Å². The summed E-state index contributed by atoms with van der Waals surface area (Å²) in [6, 6.07) is 5.50. The topological polar surface area (TPSA) is 98.1 Å². The first-order valence-electron chi connectivity index (χ1n) is 4.86. The standard InChI is InChI=1S/C10H12N4O2/c1-6-3-2-4-7(12-6)9-13-10(16-14-9)8(15)5-11/h2-4,8,15H,5,11H2,1H3/t8-/m0/s1. The van der Waals surface area contributed by atoms with Gasteiger partial charge in [0.05, 0.1) is 0 Å². The van der Waals surface area contributed by atoms with E-state index in [4.69, 9.17) is 10.3 Å². The summed E-state index contributed by atoms with van der Waals surface area (Å²) in [5, 5.41) is 13.1. The number of aromatic nitrogens is 3. The second-order valence-corrected chi connectivity index (χ2v) is 3.37. The SMILES string of the molecule is Cc1cccc(-c2noc([C@@H](O)CN)n2)n1. The van der Waals surface area contributed by atoms with Gasteiger partial charge in [-0.15, -0.1) is 0 Å². The summed E-state index contributed by atoms with van der Waals surface area (Å²) in [4.78, 5) is 8.27. The Morgan fingerprint density at radius 1 is 1.44 bits per heavy atom. The quantitative estimate of drug-likeness (QED) is 0.778. The van der Waals surface area contributed by atoms with E-state index in [1.54, 1.807) is 6.07 Å². The van der Waals surface area contributed by atoms with Crippen LogP contribution in [-0.4, -0.2) is 26.8 Å². The molecule has 0 unspecified atom stereocenters. The number of aliphatic hydroxyl groups excluding tert-OH is 1. The zero-order valence-corrected chi connectivity index (χ0v) is 8.79. The lowest BCUT2D eigenvalue weighted by Crippen LogP contribution is -2.11. The van der Waals surface area contributed by atoms with E-state index in [0.717, 1.165) is 5.69 Å². The van der Waals surface area contributed by atoms with Crippen LogP contribution < -0.4 is 5.73 Å². The van der Waals surface area contributed by atoms with E-state index in [1.807, 2.05) is 19.1 Å². The Hall–Kier alpha value is -1.79. The lowest BCUT2D eigenvalue weighted by Gasteiger charge is -1.98. The maximum absolute atomic E-state index is 9.40. The number of nitrogens with two attached hydrogens (primary N) is 1. The highest BCUT2D eigenvalue weighted by Gasteiger charge is 2.15. The Labute approximate surface area is 92.1 Å². The van der Waals surface area contributed by atoms with Crippen molar-refractivity contribution < 1.29 is 9.63 Å². The van der Waals surface area contributed by atoms with Gasteiger partial charge in [0.2, 0.25) is 5.82 Å². The molecular formula is C10H12N4O2. The molecule has 2 aromatic rings. The highest BCUT2D eigenvalue weighted by atomic mass is 16.5. The molecule has 0 aromatic carbocycles. The maximum atomic E-state index is 9.40. The Morgan fingerprint density at radius 3 is 2.94 bits per heavy atom. The molecule has 0 spiro atoms. The number of pyridine rings is 1. The van der Waals surface area contributed by atoms with Crippen molar-refractivity contribution in [3.8, 4) is 11.5 Å². The van der Waals surface area contributed by atoms with Crippen LogP contribution in [0.15, 0.2) is 22.7 Å². The van der Waals surface area contributed by atoms with E-state index >= 15 is 0 Å². The van der Waals surface area contributed by atoms with Crippen LogP contribution in [0.2, 0.25) is 0 Å². The largest absolute Gasteiger partial charge is 0.382 e. The minimum Gasteiger partial charge on any atom is -0.382 e. The number of aryl methyl sites for hydroxylation is 1. The highest BCUT2D eigenvalue weighted by Crippen LogP contribution is 2.16. The molecule has 84 valence electrons. The van der Waals surface area contributed by atoms with Gasteiger partial charge in [0.1, 0.15) is 11.8 Å². The van der Waals surface area contributed by atoms with Gasteiger partial charge in [-0.05, 0) is 19.1 Å². The van der Waals surface area contributed by atoms with E-state index in [0.29, 0.717) is 11.5 Å². The first-order chi connectivity index (χ1) is 7.70. The molecule has 0 amide bonds. The van der Waals surface area contributed by atoms with Crippen molar-refractivity contribution in [2.24, 2.45) is 5.73 Å². The molecule has 0 saturated heterocycles. The van der Waals surface area contributed by atoms with Crippen LogP contribution in [0.4, 0.5) is 0 Å². The number of nitrogens with zero attached hydrogens (tertiary/aromatic N) is 3. The molecule has 3 N–H and O–H groups in total. The molecule has 0 radical (unpaired) electrons. The third-order valence-corrected chi connectivity index (χ3v) is 2.07. The van der Waals surface area contributed by atoms with Crippen LogP contribution in [0.5, 0.6) is 0 Å². The monoisotopic (exact) mass is 220 g/mol. The first-order valence-corrected chi connectivity index (χ1v) is 4.86. The van der Waals surface area contributed by atoms with Gasteiger partial charge in [-0.1, -0.05) is 11.2 Å². The van der Waals surface area contributed by atoms with Gasteiger partial charge in [0, 0.05) is 12.2 Å². The molecule has 0 aliphatic heterocycles. The average molecular weight is 220 g/mol.